The van der Waals surface area contributed by atoms with Crippen LogP contribution in [0.5, 0.6) is 0 Å². The average Bonchev–Trinajstić information content (AvgIpc) is 2.87. The van der Waals surface area contributed by atoms with E-state index in [1.807, 2.05) is 6.92 Å². The summed E-state index contributed by atoms with van der Waals surface area (Å²) < 4.78 is 0. The molecule has 126 valence electrons. The summed E-state index contributed by atoms with van der Waals surface area (Å²) in [6.07, 6.45) is 11.0. The fourth-order valence-electron chi connectivity index (χ4n) is 3.10. The predicted molar refractivity (Wildman–Crippen MR) is 97.7 cm³/mol. The van der Waals surface area contributed by atoms with Crippen LogP contribution in [0.25, 0.3) is 0 Å². The first-order valence-electron chi connectivity index (χ1n) is 8.68. The maximum atomic E-state index is 9.99. The lowest BCUT2D eigenvalue weighted by Crippen LogP contribution is -2.44. The van der Waals surface area contributed by atoms with Crippen molar-refractivity contribution in [1.29, 1.82) is 0 Å². The molecule has 0 fully saturated rings. The van der Waals surface area contributed by atoms with Gasteiger partial charge in [-0.15, -0.1) is 17.0 Å². The monoisotopic (exact) mass is 362 g/mol. The van der Waals surface area contributed by atoms with Crippen LogP contribution in [0, 0.1) is 0 Å². The molecular formula is C17H35BrN2O. The number of aliphatic hydroxyl groups excluding tert-OH is 1. The minimum absolute atomic E-state index is 0. The van der Waals surface area contributed by atoms with E-state index in [9.17, 15) is 5.11 Å². The van der Waals surface area contributed by atoms with Crippen LogP contribution in [0.2, 0.25) is 0 Å². The Kier molecular flexibility index (Phi) is 12.4. The molecule has 1 rings (SSSR count). The van der Waals surface area contributed by atoms with Gasteiger partial charge in [0.25, 0.3) is 0 Å². The second kappa shape index (κ2) is 12.5. The van der Waals surface area contributed by atoms with Crippen molar-refractivity contribution >= 4 is 22.8 Å². The summed E-state index contributed by atoms with van der Waals surface area (Å²) in [5.41, 5.74) is 0. The number of aliphatic imine (C=N–C) groups is 1. The van der Waals surface area contributed by atoms with Crippen molar-refractivity contribution in [3.05, 3.63) is 0 Å². The highest BCUT2D eigenvalue weighted by Gasteiger charge is 2.27. The predicted octanol–water partition coefficient (Wildman–Crippen LogP) is 4.58. The average molecular weight is 363 g/mol. The zero-order chi connectivity index (χ0) is 14.8. The Hall–Kier alpha value is -0.0900. The largest absolute Gasteiger partial charge is 0.391 e. The Bertz CT molecular complexity index is 282. The number of amidine groups is 1. The molecule has 0 aromatic rings. The number of unbranched alkanes of at least 4 members (excludes halogenated alkanes) is 5. The summed E-state index contributed by atoms with van der Waals surface area (Å²) in [6.45, 7) is 8.28. The first-order valence-corrected chi connectivity index (χ1v) is 8.68. The molecule has 0 bridgehead atoms. The Morgan fingerprint density at radius 1 is 1.10 bits per heavy atom. The zero-order valence-corrected chi connectivity index (χ0v) is 15.9. The summed E-state index contributed by atoms with van der Waals surface area (Å²) in [4.78, 5) is 7.04. The molecule has 0 aromatic carbocycles. The van der Waals surface area contributed by atoms with Gasteiger partial charge in [-0.05, 0) is 19.8 Å². The van der Waals surface area contributed by atoms with Crippen LogP contribution >= 0.6 is 17.0 Å². The van der Waals surface area contributed by atoms with Crippen molar-refractivity contribution in [3.8, 4) is 0 Å². The van der Waals surface area contributed by atoms with Crippen molar-refractivity contribution in [3.63, 3.8) is 0 Å². The Morgan fingerprint density at radius 2 is 1.76 bits per heavy atom. The van der Waals surface area contributed by atoms with Gasteiger partial charge in [-0.1, -0.05) is 52.4 Å². The highest BCUT2D eigenvalue weighted by atomic mass is 79.9. The molecule has 2 atom stereocenters. The van der Waals surface area contributed by atoms with Crippen LogP contribution in [0.4, 0.5) is 0 Å². The van der Waals surface area contributed by atoms with Crippen molar-refractivity contribution in [2.24, 2.45) is 4.99 Å². The molecular weight excluding hydrogens is 328 g/mol. The van der Waals surface area contributed by atoms with Crippen LogP contribution in [-0.4, -0.2) is 41.1 Å². The second-order valence-corrected chi connectivity index (χ2v) is 6.11. The SMILES string of the molecule is Br.CCCCCCCCC1=NCCN1C(CCC)C(C)O. The van der Waals surface area contributed by atoms with Crippen LogP contribution in [0.15, 0.2) is 4.99 Å². The summed E-state index contributed by atoms with van der Waals surface area (Å²) in [5, 5.41) is 9.99. The van der Waals surface area contributed by atoms with E-state index in [0.29, 0.717) is 0 Å². The normalized spacial score (nSPS) is 17.3. The van der Waals surface area contributed by atoms with Crippen LogP contribution in [-0.2, 0) is 0 Å². The highest BCUT2D eigenvalue weighted by Crippen LogP contribution is 2.19. The number of aliphatic hydroxyl groups is 1. The van der Waals surface area contributed by atoms with Crippen molar-refractivity contribution in [2.45, 2.75) is 90.7 Å². The van der Waals surface area contributed by atoms with E-state index in [1.54, 1.807) is 0 Å². The minimum Gasteiger partial charge on any atom is -0.391 e. The van der Waals surface area contributed by atoms with Gasteiger partial charge in [0, 0.05) is 13.0 Å². The standard InChI is InChI=1S/C17H34N2O.BrH/c1-4-6-7-8-9-10-12-17-18-13-14-19(17)16(11-5-2)15(3)20;/h15-16,20H,4-14H2,1-3H3;1H. The highest BCUT2D eigenvalue weighted by molar-refractivity contribution is 8.93. The Balaban J connectivity index is 0.00000400. The number of hydrogen-bond acceptors (Lipinski definition) is 3. The number of rotatable bonds is 11. The van der Waals surface area contributed by atoms with E-state index in [2.05, 4.69) is 23.7 Å². The fraction of sp³-hybridized carbons (Fsp3) is 0.941. The maximum absolute atomic E-state index is 9.99. The van der Waals surface area contributed by atoms with Gasteiger partial charge in [-0.2, -0.15) is 0 Å². The molecule has 1 aliphatic rings. The van der Waals surface area contributed by atoms with E-state index in [4.69, 9.17) is 0 Å². The van der Waals surface area contributed by atoms with Crippen LogP contribution in [0.1, 0.15) is 78.6 Å². The van der Waals surface area contributed by atoms with Crippen LogP contribution in [0.3, 0.4) is 0 Å². The molecule has 0 aromatic heterocycles. The summed E-state index contributed by atoms with van der Waals surface area (Å²) in [7, 11) is 0. The van der Waals surface area contributed by atoms with Crippen molar-refractivity contribution in [1.82, 2.24) is 4.90 Å². The molecule has 1 N–H and O–H groups in total. The molecule has 2 unspecified atom stereocenters. The van der Waals surface area contributed by atoms with E-state index in [0.717, 1.165) is 32.4 Å². The minimum atomic E-state index is -0.261. The molecule has 4 heteroatoms. The summed E-state index contributed by atoms with van der Waals surface area (Å²) >= 11 is 0. The fourth-order valence-corrected chi connectivity index (χ4v) is 3.10. The molecule has 0 saturated carbocycles. The van der Waals surface area contributed by atoms with Gasteiger partial charge in [0.15, 0.2) is 0 Å². The molecule has 0 amide bonds. The van der Waals surface area contributed by atoms with Gasteiger partial charge in [0.05, 0.1) is 24.5 Å². The van der Waals surface area contributed by atoms with Gasteiger partial charge in [-0.25, -0.2) is 0 Å². The maximum Gasteiger partial charge on any atom is 0.0993 e. The molecule has 1 aliphatic heterocycles. The number of nitrogens with zero attached hydrogens (tertiary/aromatic N) is 2. The van der Waals surface area contributed by atoms with Crippen molar-refractivity contribution < 1.29 is 5.11 Å². The van der Waals surface area contributed by atoms with Gasteiger partial charge in [0.1, 0.15) is 0 Å². The first-order chi connectivity index (χ1) is 9.70. The first kappa shape index (κ1) is 20.9. The second-order valence-electron chi connectivity index (χ2n) is 6.11. The van der Waals surface area contributed by atoms with Gasteiger partial charge < -0.3 is 10.0 Å². The Labute approximate surface area is 142 Å². The molecule has 21 heavy (non-hydrogen) atoms. The molecule has 0 aliphatic carbocycles. The van der Waals surface area contributed by atoms with Gasteiger partial charge in [0.2, 0.25) is 0 Å². The molecule has 3 nitrogen and oxygen atoms in total. The van der Waals surface area contributed by atoms with E-state index >= 15 is 0 Å². The van der Waals surface area contributed by atoms with Gasteiger partial charge >= 0.3 is 0 Å². The van der Waals surface area contributed by atoms with Gasteiger partial charge in [-0.3, -0.25) is 4.99 Å². The third kappa shape index (κ3) is 7.64. The Morgan fingerprint density at radius 3 is 2.38 bits per heavy atom. The third-order valence-electron chi connectivity index (χ3n) is 4.26. The quantitative estimate of drug-likeness (QED) is 0.546. The zero-order valence-electron chi connectivity index (χ0n) is 14.2. The van der Waals surface area contributed by atoms with Crippen LogP contribution < -0.4 is 0 Å². The molecule has 0 saturated heterocycles. The number of hydrogen-bond donors (Lipinski definition) is 1. The van der Waals surface area contributed by atoms with E-state index in [-0.39, 0.29) is 29.1 Å². The summed E-state index contributed by atoms with van der Waals surface area (Å²) in [5.74, 6) is 1.25. The third-order valence-corrected chi connectivity index (χ3v) is 4.26. The number of halogens is 1. The topological polar surface area (TPSA) is 35.8 Å². The molecule has 0 radical (unpaired) electrons. The van der Waals surface area contributed by atoms with E-state index < -0.39 is 0 Å². The summed E-state index contributed by atoms with van der Waals surface area (Å²) in [6, 6.07) is 0.265. The molecule has 0 spiro atoms. The lowest BCUT2D eigenvalue weighted by atomic mass is 10.0. The van der Waals surface area contributed by atoms with E-state index in [1.165, 1.54) is 44.4 Å². The smallest absolute Gasteiger partial charge is 0.0993 e. The lowest BCUT2D eigenvalue weighted by Gasteiger charge is -2.32. The van der Waals surface area contributed by atoms with Crippen molar-refractivity contribution in [2.75, 3.05) is 13.1 Å². The lowest BCUT2D eigenvalue weighted by molar-refractivity contribution is 0.0966. The molecule has 1 heterocycles.